The molecule has 0 saturated carbocycles. The second-order valence-electron chi connectivity index (χ2n) is 4.35. The van der Waals surface area contributed by atoms with E-state index in [4.69, 9.17) is 4.74 Å². The van der Waals surface area contributed by atoms with E-state index in [1.807, 2.05) is 6.08 Å². The minimum atomic E-state index is -0.846. The number of H-pyrrole nitrogens is 1. The largest absolute Gasteiger partial charge is 0.495 e. The summed E-state index contributed by atoms with van der Waals surface area (Å²) >= 11 is 0. The lowest BCUT2D eigenvalue weighted by molar-refractivity contribution is 0.119. The molecule has 19 heavy (non-hydrogen) atoms. The Labute approximate surface area is 109 Å². The van der Waals surface area contributed by atoms with Crippen molar-refractivity contribution in [2.24, 2.45) is 0 Å². The second-order valence-corrected chi connectivity index (χ2v) is 4.35. The van der Waals surface area contributed by atoms with Gasteiger partial charge in [0.1, 0.15) is 17.7 Å². The van der Waals surface area contributed by atoms with Gasteiger partial charge in [0.2, 0.25) is 0 Å². The van der Waals surface area contributed by atoms with Crippen LogP contribution < -0.4 is 0 Å². The van der Waals surface area contributed by atoms with Crippen LogP contribution in [0.3, 0.4) is 0 Å². The molecular formula is C14H13FN2O2. The van der Waals surface area contributed by atoms with Crippen molar-refractivity contribution in [1.82, 2.24) is 10.2 Å². The number of hydrogen-bond donors (Lipinski definition) is 2. The van der Waals surface area contributed by atoms with Gasteiger partial charge in [-0.05, 0) is 30.3 Å². The topological polar surface area (TPSA) is 58.1 Å². The summed E-state index contributed by atoms with van der Waals surface area (Å²) in [4.78, 5) is 0. The van der Waals surface area contributed by atoms with Gasteiger partial charge in [-0.2, -0.15) is 5.10 Å². The Hall–Kier alpha value is -2.14. The minimum Gasteiger partial charge on any atom is -0.495 e. The number of aromatic amines is 1. The number of aromatic nitrogens is 2. The van der Waals surface area contributed by atoms with Crippen LogP contribution in [-0.2, 0) is 4.74 Å². The third kappa shape index (κ3) is 2.24. The smallest absolute Gasteiger partial charge is 0.139 e. The van der Waals surface area contributed by atoms with Crippen LogP contribution in [0.1, 0.15) is 18.1 Å². The summed E-state index contributed by atoms with van der Waals surface area (Å²) in [5, 5.41) is 17.1. The van der Waals surface area contributed by atoms with Crippen molar-refractivity contribution in [3.8, 4) is 11.3 Å². The zero-order valence-electron chi connectivity index (χ0n) is 10.1. The van der Waals surface area contributed by atoms with E-state index in [1.54, 1.807) is 18.3 Å². The molecule has 1 aromatic carbocycles. The SMILES string of the molecule is OC(C1=CCCO1)c1cn[nH]c1-c1ccc(F)cc1. The number of aliphatic hydroxyl groups excluding tert-OH is 1. The van der Waals surface area contributed by atoms with Crippen LogP contribution >= 0.6 is 0 Å². The summed E-state index contributed by atoms with van der Waals surface area (Å²) in [6.45, 7) is 0.593. The molecular weight excluding hydrogens is 247 g/mol. The molecule has 1 atom stereocenters. The van der Waals surface area contributed by atoms with Gasteiger partial charge in [-0.1, -0.05) is 0 Å². The van der Waals surface area contributed by atoms with Crippen molar-refractivity contribution in [2.45, 2.75) is 12.5 Å². The average Bonchev–Trinajstić information content (AvgIpc) is 3.10. The van der Waals surface area contributed by atoms with Gasteiger partial charge >= 0.3 is 0 Å². The summed E-state index contributed by atoms with van der Waals surface area (Å²) in [6.07, 6.45) is 3.38. The number of hydrogen-bond acceptors (Lipinski definition) is 3. The molecule has 0 fully saturated rings. The predicted molar refractivity (Wildman–Crippen MR) is 67.6 cm³/mol. The van der Waals surface area contributed by atoms with Crippen molar-refractivity contribution < 1.29 is 14.2 Å². The fourth-order valence-electron chi connectivity index (χ4n) is 2.13. The molecule has 0 bridgehead atoms. The molecule has 2 heterocycles. The van der Waals surface area contributed by atoms with Crippen molar-refractivity contribution in [3.05, 3.63) is 53.7 Å². The molecule has 0 spiro atoms. The molecule has 2 N–H and O–H groups in total. The van der Waals surface area contributed by atoms with E-state index in [9.17, 15) is 9.50 Å². The first kappa shape index (κ1) is 11.9. The van der Waals surface area contributed by atoms with Gasteiger partial charge in [0.25, 0.3) is 0 Å². The standard InChI is InChI=1S/C14H13FN2O2/c15-10-5-3-9(4-6-10)13-11(8-16-17-13)14(18)12-2-1-7-19-12/h2-6,8,14,18H,1,7H2,(H,16,17). The summed E-state index contributed by atoms with van der Waals surface area (Å²) in [7, 11) is 0. The Morgan fingerprint density at radius 1 is 1.32 bits per heavy atom. The molecule has 3 rings (SSSR count). The van der Waals surface area contributed by atoms with E-state index in [2.05, 4.69) is 10.2 Å². The number of ether oxygens (including phenoxy) is 1. The molecule has 1 aromatic heterocycles. The first-order valence-electron chi connectivity index (χ1n) is 6.06. The number of rotatable bonds is 3. The predicted octanol–water partition coefficient (Wildman–Crippen LogP) is 2.55. The van der Waals surface area contributed by atoms with E-state index in [0.717, 1.165) is 12.0 Å². The Morgan fingerprint density at radius 2 is 2.11 bits per heavy atom. The maximum Gasteiger partial charge on any atom is 0.139 e. The van der Waals surface area contributed by atoms with Crippen LogP contribution in [-0.4, -0.2) is 21.9 Å². The number of benzene rings is 1. The third-order valence-corrected chi connectivity index (χ3v) is 3.10. The lowest BCUT2D eigenvalue weighted by Gasteiger charge is -2.12. The third-order valence-electron chi connectivity index (χ3n) is 3.10. The molecule has 0 saturated heterocycles. The Balaban J connectivity index is 1.95. The van der Waals surface area contributed by atoms with E-state index in [1.165, 1.54) is 12.1 Å². The molecule has 4 nitrogen and oxygen atoms in total. The van der Waals surface area contributed by atoms with E-state index in [-0.39, 0.29) is 5.82 Å². The first-order chi connectivity index (χ1) is 9.25. The van der Waals surface area contributed by atoms with Gasteiger partial charge in [0.05, 0.1) is 18.5 Å². The van der Waals surface area contributed by atoms with E-state index >= 15 is 0 Å². The van der Waals surface area contributed by atoms with Crippen LogP contribution in [0.5, 0.6) is 0 Å². The quantitative estimate of drug-likeness (QED) is 0.891. The minimum absolute atomic E-state index is 0.299. The average molecular weight is 260 g/mol. The van der Waals surface area contributed by atoms with Crippen LogP contribution in [0.4, 0.5) is 4.39 Å². The van der Waals surface area contributed by atoms with Crippen LogP contribution in [0.15, 0.2) is 42.3 Å². The van der Waals surface area contributed by atoms with Crippen molar-refractivity contribution in [3.63, 3.8) is 0 Å². The van der Waals surface area contributed by atoms with Gasteiger partial charge in [0, 0.05) is 17.5 Å². The van der Waals surface area contributed by atoms with Crippen LogP contribution in [0.25, 0.3) is 11.3 Å². The van der Waals surface area contributed by atoms with Gasteiger partial charge in [0.15, 0.2) is 0 Å². The summed E-state index contributed by atoms with van der Waals surface area (Å²) < 4.78 is 18.3. The van der Waals surface area contributed by atoms with Crippen LogP contribution in [0.2, 0.25) is 0 Å². The molecule has 1 aliphatic heterocycles. The fourth-order valence-corrected chi connectivity index (χ4v) is 2.13. The normalized spacial score (nSPS) is 16.0. The number of aliphatic hydroxyl groups is 1. The van der Waals surface area contributed by atoms with Crippen molar-refractivity contribution in [1.29, 1.82) is 0 Å². The van der Waals surface area contributed by atoms with Gasteiger partial charge in [-0.15, -0.1) is 0 Å². The van der Waals surface area contributed by atoms with Gasteiger partial charge in [-0.3, -0.25) is 5.10 Å². The van der Waals surface area contributed by atoms with Crippen LogP contribution in [0, 0.1) is 5.82 Å². The highest BCUT2D eigenvalue weighted by atomic mass is 19.1. The second kappa shape index (κ2) is 4.85. The van der Waals surface area contributed by atoms with E-state index < -0.39 is 6.10 Å². The highest BCUT2D eigenvalue weighted by Crippen LogP contribution is 2.32. The number of halogens is 1. The molecule has 0 amide bonds. The summed E-state index contributed by atoms with van der Waals surface area (Å²) in [5.74, 6) is 0.247. The fraction of sp³-hybridized carbons (Fsp3) is 0.214. The number of nitrogens with one attached hydrogen (secondary N) is 1. The molecule has 1 unspecified atom stereocenters. The molecule has 98 valence electrons. The summed E-state index contributed by atoms with van der Waals surface area (Å²) in [5.41, 5.74) is 2.07. The van der Waals surface area contributed by atoms with E-state index in [0.29, 0.717) is 23.6 Å². The Bertz CT molecular complexity index is 604. The number of nitrogens with zero attached hydrogens (tertiary/aromatic N) is 1. The zero-order valence-corrected chi connectivity index (χ0v) is 10.1. The first-order valence-corrected chi connectivity index (χ1v) is 6.06. The molecule has 2 aromatic rings. The monoisotopic (exact) mass is 260 g/mol. The Morgan fingerprint density at radius 3 is 2.79 bits per heavy atom. The lowest BCUT2D eigenvalue weighted by Crippen LogP contribution is -2.02. The molecule has 1 aliphatic rings. The highest BCUT2D eigenvalue weighted by Gasteiger charge is 2.22. The molecule has 5 heteroatoms. The van der Waals surface area contributed by atoms with Crippen molar-refractivity contribution >= 4 is 0 Å². The van der Waals surface area contributed by atoms with Gasteiger partial charge in [-0.25, -0.2) is 4.39 Å². The van der Waals surface area contributed by atoms with Crippen molar-refractivity contribution in [2.75, 3.05) is 6.61 Å². The highest BCUT2D eigenvalue weighted by molar-refractivity contribution is 5.63. The lowest BCUT2D eigenvalue weighted by atomic mass is 10.0. The summed E-state index contributed by atoms with van der Waals surface area (Å²) in [6, 6.07) is 6.03. The molecule has 0 radical (unpaired) electrons. The zero-order chi connectivity index (χ0) is 13.2. The Kier molecular flexibility index (Phi) is 3.05. The molecule has 0 aliphatic carbocycles. The maximum absolute atomic E-state index is 12.9. The maximum atomic E-state index is 12.9. The van der Waals surface area contributed by atoms with Gasteiger partial charge < -0.3 is 9.84 Å².